The average molecular weight is 549 g/mol. The first-order valence-electron chi connectivity index (χ1n) is 12.8. The zero-order valence-corrected chi connectivity index (χ0v) is 22.0. The molecule has 0 saturated heterocycles. The number of carbonyl (C=O) groups excluding carboxylic acids is 1. The van der Waals surface area contributed by atoms with Crippen molar-refractivity contribution in [2.24, 2.45) is 11.3 Å². The SMILES string of the molecule is Cc1ccc(S(=O)(=O)[C@H]2CCC3Cc4c(nnn4-c4ccc(F)cc4)C[C@]3(C(=O)c3ccccn3)C2)cc1F. The van der Waals surface area contributed by atoms with Crippen molar-refractivity contribution in [2.75, 3.05) is 0 Å². The topological polar surface area (TPSA) is 94.8 Å². The van der Waals surface area contributed by atoms with Crippen LogP contribution in [0.5, 0.6) is 0 Å². The number of nitrogens with zero attached hydrogens (tertiary/aromatic N) is 4. The largest absolute Gasteiger partial charge is 0.292 e. The zero-order chi connectivity index (χ0) is 27.4. The second-order valence-electron chi connectivity index (χ2n) is 10.5. The molecule has 0 aliphatic heterocycles. The summed E-state index contributed by atoms with van der Waals surface area (Å²) in [5, 5.41) is 7.83. The molecule has 2 aromatic carbocycles. The summed E-state index contributed by atoms with van der Waals surface area (Å²) >= 11 is 0. The number of pyridine rings is 1. The number of ketones is 1. The van der Waals surface area contributed by atoms with E-state index in [0.717, 1.165) is 11.8 Å². The Morgan fingerprint density at radius 2 is 1.85 bits per heavy atom. The second-order valence-corrected chi connectivity index (χ2v) is 12.7. The van der Waals surface area contributed by atoms with E-state index in [0.29, 0.717) is 36.2 Å². The van der Waals surface area contributed by atoms with Gasteiger partial charge in [0, 0.05) is 18.0 Å². The summed E-state index contributed by atoms with van der Waals surface area (Å²) in [6.07, 6.45) is 3.11. The van der Waals surface area contributed by atoms with Gasteiger partial charge in [-0.3, -0.25) is 9.78 Å². The Morgan fingerprint density at radius 3 is 2.56 bits per heavy atom. The van der Waals surface area contributed by atoms with Crippen molar-refractivity contribution in [3.8, 4) is 5.69 Å². The molecule has 4 aromatic rings. The Balaban J connectivity index is 1.42. The predicted molar refractivity (Wildman–Crippen MR) is 139 cm³/mol. The molecule has 2 heterocycles. The number of hydrogen-bond donors (Lipinski definition) is 0. The predicted octanol–water partition coefficient (Wildman–Crippen LogP) is 4.86. The molecule has 3 atom stereocenters. The summed E-state index contributed by atoms with van der Waals surface area (Å²) < 4.78 is 57.0. The van der Waals surface area contributed by atoms with Gasteiger partial charge in [0.1, 0.15) is 17.3 Å². The van der Waals surface area contributed by atoms with Gasteiger partial charge in [0.25, 0.3) is 0 Å². The van der Waals surface area contributed by atoms with Crippen LogP contribution in [0.4, 0.5) is 8.78 Å². The molecule has 0 bridgehead atoms. The van der Waals surface area contributed by atoms with Crippen LogP contribution in [0.25, 0.3) is 5.69 Å². The Bertz CT molecular complexity index is 1670. The number of benzene rings is 2. The van der Waals surface area contributed by atoms with Gasteiger partial charge >= 0.3 is 0 Å². The van der Waals surface area contributed by atoms with Crippen LogP contribution in [0.15, 0.2) is 71.8 Å². The van der Waals surface area contributed by atoms with E-state index in [1.165, 1.54) is 24.3 Å². The molecule has 7 nitrogen and oxygen atoms in total. The summed E-state index contributed by atoms with van der Waals surface area (Å²) in [5.74, 6) is -1.34. The van der Waals surface area contributed by atoms with E-state index in [9.17, 15) is 22.0 Å². The molecule has 2 aromatic heterocycles. The summed E-state index contributed by atoms with van der Waals surface area (Å²) in [6.45, 7) is 1.58. The fourth-order valence-corrected chi connectivity index (χ4v) is 8.04. The molecule has 0 N–H and O–H groups in total. The highest BCUT2D eigenvalue weighted by atomic mass is 32.2. The minimum atomic E-state index is -3.91. The Kier molecular flexibility index (Phi) is 6.17. The van der Waals surface area contributed by atoms with Crippen LogP contribution in [0.2, 0.25) is 0 Å². The molecule has 0 spiro atoms. The molecule has 0 amide bonds. The molecule has 39 heavy (non-hydrogen) atoms. The fraction of sp³-hybridized carbons (Fsp3) is 0.310. The summed E-state index contributed by atoms with van der Waals surface area (Å²) in [4.78, 5) is 18.4. The highest BCUT2D eigenvalue weighted by Crippen LogP contribution is 2.52. The highest BCUT2D eigenvalue weighted by Gasteiger charge is 2.55. The number of aryl methyl sites for hydroxylation is 1. The maximum Gasteiger partial charge on any atom is 0.188 e. The third-order valence-electron chi connectivity index (χ3n) is 8.31. The fourth-order valence-electron chi connectivity index (χ4n) is 6.17. The van der Waals surface area contributed by atoms with Gasteiger partial charge < -0.3 is 0 Å². The minimum absolute atomic E-state index is 0.0757. The Labute approximate surface area is 224 Å². The lowest BCUT2D eigenvalue weighted by Crippen LogP contribution is -2.51. The summed E-state index contributed by atoms with van der Waals surface area (Å²) in [6, 6.07) is 15.0. The molecule has 0 radical (unpaired) electrons. The monoisotopic (exact) mass is 548 g/mol. The van der Waals surface area contributed by atoms with E-state index in [-0.39, 0.29) is 40.9 Å². The van der Waals surface area contributed by atoms with Gasteiger partial charge in [-0.1, -0.05) is 17.3 Å². The van der Waals surface area contributed by atoms with E-state index in [1.807, 2.05) is 0 Å². The summed E-state index contributed by atoms with van der Waals surface area (Å²) in [5.41, 5.74) is 1.67. The van der Waals surface area contributed by atoms with Crippen LogP contribution < -0.4 is 0 Å². The molecule has 6 rings (SSSR count). The van der Waals surface area contributed by atoms with Crippen molar-refractivity contribution in [3.63, 3.8) is 0 Å². The minimum Gasteiger partial charge on any atom is -0.292 e. The molecule has 2 aliphatic carbocycles. The number of halogens is 2. The second kappa shape index (κ2) is 9.44. The first-order valence-corrected chi connectivity index (χ1v) is 14.4. The van der Waals surface area contributed by atoms with Crippen LogP contribution in [0.1, 0.15) is 46.7 Å². The number of Topliss-reactive ketones (excluding diaryl/α,β-unsaturated/α-hetero) is 1. The number of aromatic nitrogens is 4. The molecule has 2 aliphatic rings. The van der Waals surface area contributed by atoms with Crippen molar-refractivity contribution in [1.29, 1.82) is 0 Å². The van der Waals surface area contributed by atoms with Crippen molar-refractivity contribution < 1.29 is 22.0 Å². The highest BCUT2D eigenvalue weighted by molar-refractivity contribution is 7.92. The van der Waals surface area contributed by atoms with E-state index in [1.54, 1.807) is 48.1 Å². The zero-order valence-electron chi connectivity index (χ0n) is 21.2. The average Bonchev–Trinajstić information content (AvgIpc) is 3.35. The third kappa shape index (κ3) is 4.27. The normalized spacial score (nSPS) is 22.6. The van der Waals surface area contributed by atoms with E-state index in [4.69, 9.17) is 0 Å². The first-order chi connectivity index (χ1) is 18.7. The quantitative estimate of drug-likeness (QED) is 0.331. The molecule has 200 valence electrons. The standard InChI is InChI=1S/C29H26F2N4O3S/c1-18-5-11-22(15-24(18)31)39(37,38)23-12-6-19-14-27-26(33-34-35(27)21-9-7-20(30)8-10-21)17-29(19,16-23)28(36)25-4-2-3-13-32-25/h2-5,7-11,13,15,19,23H,6,12,14,16-17H2,1H3/t19?,23-,29+/m0/s1. The van der Waals surface area contributed by atoms with E-state index >= 15 is 0 Å². The molecule has 1 unspecified atom stereocenters. The lowest BCUT2D eigenvalue weighted by atomic mass is 9.57. The number of sulfone groups is 1. The van der Waals surface area contributed by atoms with Gasteiger partial charge in [0.2, 0.25) is 0 Å². The van der Waals surface area contributed by atoms with Crippen molar-refractivity contribution >= 4 is 15.6 Å². The Hall–Kier alpha value is -3.79. The molecule has 1 saturated carbocycles. The third-order valence-corrected chi connectivity index (χ3v) is 10.5. The number of hydrogen-bond acceptors (Lipinski definition) is 6. The smallest absolute Gasteiger partial charge is 0.188 e. The van der Waals surface area contributed by atoms with Crippen LogP contribution in [-0.4, -0.2) is 39.4 Å². The molecule has 10 heteroatoms. The van der Waals surface area contributed by atoms with E-state index < -0.39 is 26.3 Å². The lowest BCUT2D eigenvalue weighted by molar-refractivity contribution is 0.0483. The van der Waals surface area contributed by atoms with Crippen molar-refractivity contribution in [2.45, 2.75) is 49.2 Å². The van der Waals surface area contributed by atoms with Gasteiger partial charge in [0.15, 0.2) is 15.6 Å². The number of fused-ring (bicyclic) bond motifs is 2. The van der Waals surface area contributed by atoms with Gasteiger partial charge in [0.05, 0.1) is 27.2 Å². The van der Waals surface area contributed by atoms with Gasteiger partial charge in [-0.2, -0.15) is 0 Å². The van der Waals surface area contributed by atoms with Crippen LogP contribution in [0, 0.1) is 29.9 Å². The lowest BCUT2D eigenvalue weighted by Gasteiger charge is -2.47. The van der Waals surface area contributed by atoms with Crippen molar-refractivity contribution in [1.82, 2.24) is 20.0 Å². The Morgan fingerprint density at radius 1 is 1.05 bits per heavy atom. The molecular formula is C29H26F2N4O3S. The number of carbonyl (C=O) groups is 1. The van der Waals surface area contributed by atoms with Crippen LogP contribution in [0.3, 0.4) is 0 Å². The van der Waals surface area contributed by atoms with Crippen LogP contribution in [-0.2, 0) is 22.7 Å². The molecule has 1 fully saturated rings. The molecular weight excluding hydrogens is 522 g/mol. The van der Waals surface area contributed by atoms with Gasteiger partial charge in [-0.05, 0) is 92.6 Å². The van der Waals surface area contributed by atoms with Gasteiger partial charge in [-0.15, -0.1) is 5.10 Å². The maximum atomic E-state index is 14.3. The van der Waals surface area contributed by atoms with Crippen LogP contribution >= 0.6 is 0 Å². The maximum absolute atomic E-state index is 14.3. The van der Waals surface area contributed by atoms with E-state index in [2.05, 4.69) is 15.3 Å². The summed E-state index contributed by atoms with van der Waals surface area (Å²) in [7, 11) is -3.91. The van der Waals surface area contributed by atoms with Crippen molar-refractivity contribution in [3.05, 3.63) is 101 Å². The first kappa shape index (κ1) is 25.5. The number of rotatable bonds is 5. The van der Waals surface area contributed by atoms with Gasteiger partial charge in [-0.25, -0.2) is 21.9 Å².